The highest BCUT2D eigenvalue weighted by atomic mass is 19.4. The van der Waals surface area contributed by atoms with Crippen molar-refractivity contribution in [3.8, 4) is 5.69 Å². The van der Waals surface area contributed by atoms with Crippen molar-refractivity contribution < 1.29 is 32.2 Å². The summed E-state index contributed by atoms with van der Waals surface area (Å²) < 4.78 is 52.6. The van der Waals surface area contributed by atoms with Crippen LogP contribution in [0.25, 0.3) is 5.69 Å². The van der Waals surface area contributed by atoms with Crippen molar-refractivity contribution in [2.75, 3.05) is 32.8 Å². The molecule has 3 N–H and O–H groups in total. The molecule has 33 heavy (non-hydrogen) atoms. The van der Waals surface area contributed by atoms with Crippen LogP contribution in [0, 0.1) is 5.41 Å². The monoisotopic (exact) mass is 468 g/mol. The summed E-state index contributed by atoms with van der Waals surface area (Å²) in [6.07, 6.45) is -4.56. The molecular formula is C22H27F3N4O4. The van der Waals surface area contributed by atoms with Crippen LogP contribution in [0.1, 0.15) is 52.4 Å². The van der Waals surface area contributed by atoms with Crippen LogP contribution in [-0.2, 0) is 22.1 Å². The number of anilines is 1. The Labute approximate surface area is 189 Å². The number of alkyl halides is 3. The first kappa shape index (κ1) is 24.7. The number of amides is 1. The fourth-order valence-electron chi connectivity index (χ4n) is 4.11. The van der Waals surface area contributed by atoms with E-state index in [0.717, 1.165) is 4.68 Å². The third kappa shape index (κ3) is 5.19. The van der Waals surface area contributed by atoms with Crippen LogP contribution in [0.5, 0.6) is 0 Å². The number of rotatable bonds is 8. The van der Waals surface area contributed by atoms with Crippen molar-refractivity contribution in [1.82, 2.24) is 9.78 Å². The Morgan fingerprint density at radius 2 is 1.88 bits per heavy atom. The number of methoxy groups -OCH3 is 2. The molecule has 1 amide bonds. The summed E-state index contributed by atoms with van der Waals surface area (Å²) in [5.41, 5.74) is 4.24. The van der Waals surface area contributed by atoms with Crippen LogP contribution in [-0.4, -0.2) is 54.9 Å². The number of Topliss-reactive ketones (excluding diaryl/α,β-unsaturated/α-hetero) is 1. The summed E-state index contributed by atoms with van der Waals surface area (Å²) in [5, 5.41) is 6.90. The fourth-order valence-corrected chi connectivity index (χ4v) is 4.11. The van der Waals surface area contributed by atoms with E-state index in [-0.39, 0.29) is 49.0 Å². The van der Waals surface area contributed by atoms with Gasteiger partial charge in [0.2, 0.25) is 0 Å². The number of fused-ring (bicyclic) bond motifs is 1. The number of primary amides is 1. The first-order chi connectivity index (χ1) is 15.4. The first-order valence-corrected chi connectivity index (χ1v) is 10.3. The molecule has 0 spiro atoms. The van der Waals surface area contributed by atoms with Gasteiger partial charge in [0.1, 0.15) is 0 Å². The van der Waals surface area contributed by atoms with Crippen molar-refractivity contribution in [2.45, 2.75) is 38.9 Å². The molecule has 0 atom stereocenters. The molecule has 0 aliphatic heterocycles. The summed E-state index contributed by atoms with van der Waals surface area (Å²) in [4.78, 5) is 24.6. The highest BCUT2D eigenvalue weighted by molar-refractivity contribution is 6.00. The zero-order valence-electron chi connectivity index (χ0n) is 18.9. The van der Waals surface area contributed by atoms with E-state index in [1.165, 1.54) is 32.4 Å². The summed E-state index contributed by atoms with van der Waals surface area (Å²) in [6, 6.07) is 3.99. The Morgan fingerprint density at radius 3 is 2.42 bits per heavy atom. The molecule has 0 saturated carbocycles. The molecule has 1 aliphatic carbocycles. The first-order valence-electron chi connectivity index (χ1n) is 10.3. The Morgan fingerprint density at radius 1 is 1.24 bits per heavy atom. The second-order valence-corrected chi connectivity index (χ2v) is 8.87. The van der Waals surface area contributed by atoms with Crippen LogP contribution in [0.3, 0.4) is 0 Å². The second kappa shape index (κ2) is 9.14. The number of hydrogen-bond acceptors (Lipinski definition) is 6. The van der Waals surface area contributed by atoms with E-state index in [4.69, 9.17) is 15.2 Å². The molecular weight excluding hydrogens is 441 g/mol. The van der Waals surface area contributed by atoms with Gasteiger partial charge in [0.15, 0.2) is 11.5 Å². The molecule has 0 saturated heterocycles. The summed E-state index contributed by atoms with van der Waals surface area (Å²) in [6.45, 7) is 4.13. The minimum atomic E-state index is -4.79. The van der Waals surface area contributed by atoms with Gasteiger partial charge >= 0.3 is 6.18 Å². The number of aromatic nitrogens is 2. The third-order valence-electron chi connectivity index (χ3n) is 5.42. The number of nitrogens with two attached hydrogens (primary N) is 1. The number of ether oxygens (including phenoxy) is 2. The van der Waals surface area contributed by atoms with Gasteiger partial charge in [-0.15, -0.1) is 0 Å². The van der Waals surface area contributed by atoms with E-state index in [0.29, 0.717) is 5.69 Å². The maximum absolute atomic E-state index is 13.7. The van der Waals surface area contributed by atoms with E-state index in [1.807, 2.05) is 13.8 Å². The summed E-state index contributed by atoms with van der Waals surface area (Å²) in [5.74, 6) is -1.31. The number of nitrogens with one attached hydrogen (secondary N) is 1. The lowest BCUT2D eigenvalue weighted by molar-refractivity contribution is -0.141. The number of hydrogen-bond donors (Lipinski definition) is 2. The highest BCUT2D eigenvalue weighted by Gasteiger charge is 2.45. The molecule has 2 aromatic rings. The van der Waals surface area contributed by atoms with Gasteiger partial charge in [0, 0.05) is 26.3 Å². The maximum Gasteiger partial charge on any atom is 0.435 e. The van der Waals surface area contributed by atoms with Crippen molar-refractivity contribution >= 4 is 17.4 Å². The molecule has 11 heteroatoms. The predicted octanol–water partition coefficient (Wildman–Crippen LogP) is 3.22. The standard InChI is InChI=1S/C22H27F3N4O4/c1-21(2)8-16-18(17(30)9-21)19(22(23,24)25)28-29(16)13-5-6-14(20(26)31)15(7-13)27-12(10-32-3)11-33-4/h5-7,12,27H,8-11H2,1-4H3,(H2,26,31). The molecule has 0 fully saturated rings. The molecule has 0 unspecified atom stereocenters. The molecule has 180 valence electrons. The Kier molecular flexibility index (Phi) is 6.85. The molecule has 1 aliphatic rings. The lowest BCUT2D eigenvalue weighted by Crippen LogP contribution is -2.31. The lowest BCUT2D eigenvalue weighted by Gasteiger charge is -2.29. The Bertz CT molecular complexity index is 1060. The SMILES string of the molecule is COCC(COC)Nc1cc(-n2nc(C(F)(F)F)c3c2CC(C)(C)CC3=O)ccc1C(N)=O. The normalized spacial score (nSPS) is 15.6. The van der Waals surface area contributed by atoms with Crippen molar-refractivity contribution in [1.29, 1.82) is 0 Å². The van der Waals surface area contributed by atoms with Crippen LogP contribution < -0.4 is 11.1 Å². The van der Waals surface area contributed by atoms with Crippen molar-refractivity contribution in [2.24, 2.45) is 11.1 Å². The largest absolute Gasteiger partial charge is 0.435 e. The van der Waals surface area contributed by atoms with E-state index in [9.17, 15) is 22.8 Å². The Balaban J connectivity index is 2.17. The minimum Gasteiger partial charge on any atom is -0.382 e. The number of carbonyl (C=O) groups is 2. The average molecular weight is 468 g/mol. The van der Waals surface area contributed by atoms with Crippen molar-refractivity contribution in [3.63, 3.8) is 0 Å². The number of carbonyl (C=O) groups excluding carboxylic acids is 2. The number of halogens is 3. The summed E-state index contributed by atoms with van der Waals surface area (Å²) in [7, 11) is 3.01. The van der Waals surface area contributed by atoms with Gasteiger partial charge in [-0.1, -0.05) is 13.8 Å². The number of ketones is 1. The van der Waals surface area contributed by atoms with E-state index >= 15 is 0 Å². The number of nitrogens with zero attached hydrogens (tertiary/aromatic N) is 2. The topological polar surface area (TPSA) is 108 Å². The van der Waals surface area contributed by atoms with Crippen molar-refractivity contribution in [3.05, 3.63) is 40.7 Å². The zero-order chi connectivity index (χ0) is 24.6. The van der Waals surface area contributed by atoms with Gasteiger partial charge in [-0.2, -0.15) is 18.3 Å². The predicted molar refractivity (Wildman–Crippen MR) is 115 cm³/mol. The van der Waals surface area contributed by atoms with Crippen LogP contribution in [0.15, 0.2) is 18.2 Å². The molecule has 3 rings (SSSR count). The van der Waals surface area contributed by atoms with Gasteiger partial charge < -0.3 is 20.5 Å². The second-order valence-electron chi connectivity index (χ2n) is 8.87. The van der Waals surface area contributed by atoms with E-state index in [2.05, 4.69) is 10.4 Å². The van der Waals surface area contributed by atoms with E-state index < -0.39 is 34.5 Å². The zero-order valence-corrected chi connectivity index (χ0v) is 18.9. The van der Waals surface area contributed by atoms with Gasteiger partial charge in [0.25, 0.3) is 5.91 Å². The van der Waals surface area contributed by atoms with Gasteiger partial charge in [-0.05, 0) is 30.0 Å². The summed E-state index contributed by atoms with van der Waals surface area (Å²) >= 11 is 0. The van der Waals surface area contributed by atoms with Gasteiger partial charge in [-0.25, -0.2) is 4.68 Å². The highest BCUT2D eigenvalue weighted by Crippen LogP contribution is 2.42. The lowest BCUT2D eigenvalue weighted by atomic mass is 9.75. The third-order valence-corrected chi connectivity index (χ3v) is 5.42. The van der Waals surface area contributed by atoms with Gasteiger partial charge in [0.05, 0.1) is 41.8 Å². The molecule has 0 radical (unpaired) electrons. The quantitative estimate of drug-likeness (QED) is 0.616. The molecule has 1 heterocycles. The Hall–Kier alpha value is -2.92. The minimum absolute atomic E-state index is 0.00208. The molecule has 1 aromatic carbocycles. The van der Waals surface area contributed by atoms with Gasteiger partial charge in [-0.3, -0.25) is 9.59 Å². The average Bonchev–Trinajstić information content (AvgIpc) is 3.07. The number of benzene rings is 1. The smallest absolute Gasteiger partial charge is 0.382 e. The van der Waals surface area contributed by atoms with Crippen LogP contribution in [0.4, 0.5) is 18.9 Å². The van der Waals surface area contributed by atoms with Crippen LogP contribution in [0.2, 0.25) is 0 Å². The fraction of sp³-hybridized carbons (Fsp3) is 0.500. The van der Waals surface area contributed by atoms with E-state index in [1.54, 1.807) is 0 Å². The molecule has 0 bridgehead atoms. The van der Waals surface area contributed by atoms with Crippen LogP contribution >= 0.6 is 0 Å². The molecule has 1 aromatic heterocycles. The molecule has 8 nitrogen and oxygen atoms in total. The maximum atomic E-state index is 13.7.